The van der Waals surface area contributed by atoms with E-state index in [1.165, 1.54) is 17.3 Å². The second-order valence-electron chi connectivity index (χ2n) is 3.27. The van der Waals surface area contributed by atoms with Crippen LogP contribution in [0.25, 0.3) is 0 Å². The van der Waals surface area contributed by atoms with E-state index in [0.29, 0.717) is 12.8 Å². The SMILES string of the molecule is NC(=O)C1CCC(=O)N1c1ncccn1. The number of carbonyl (C=O) groups excluding carboxylic acids is 2. The highest BCUT2D eigenvalue weighted by molar-refractivity contribution is 6.02. The molecule has 0 bridgehead atoms. The van der Waals surface area contributed by atoms with E-state index in [-0.39, 0.29) is 11.9 Å². The highest BCUT2D eigenvalue weighted by Gasteiger charge is 2.37. The van der Waals surface area contributed by atoms with Gasteiger partial charge in [0.1, 0.15) is 6.04 Å². The zero-order chi connectivity index (χ0) is 10.8. The highest BCUT2D eigenvalue weighted by Crippen LogP contribution is 2.22. The first-order chi connectivity index (χ1) is 7.20. The Morgan fingerprint density at radius 1 is 1.47 bits per heavy atom. The van der Waals surface area contributed by atoms with E-state index in [1.54, 1.807) is 6.07 Å². The van der Waals surface area contributed by atoms with Gasteiger partial charge in [-0.3, -0.25) is 14.5 Å². The molecule has 0 saturated carbocycles. The zero-order valence-corrected chi connectivity index (χ0v) is 7.96. The van der Waals surface area contributed by atoms with Crippen molar-refractivity contribution in [3.05, 3.63) is 18.5 Å². The number of nitrogens with zero attached hydrogens (tertiary/aromatic N) is 3. The van der Waals surface area contributed by atoms with Gasteiger partial charge in [-0.1, -0.05) is 0 Å². The summed E-state index contributed by atoms with van der Waals surface area (Å²) in [5.41, 5.74) is 5.20. The van der Waals surface area contributed by atoms with Crippen molar-refractivity contribution in [1.82, 2.24) is 9.97 Å². The van der Waals surface area contributed by atoms with Gasteiger partial charge in [0.25, 0.3) is 0 Å². The second-order valence-corrected chi connectivity index (χ2v) is 3.27. The molecule has 2 N–H and O–H groups in total. The van der Waals surface area contributed by atoms with Gasteiger partial charge in [0.2, 0.25) is 17.8 Å². The number of amides is 2. The molecule has 1 atom stereocenters. The maximum atomic E-state index is 11.5. The Bertz CT molecular complexity index is 392. The molecule has 0 radical (unpaired) electrons. The summed E-state index contributed by atoms with van der Waals surface area (Å²) >= 11 is 0. The lowest BCUT2D eigenvalue weighted by molar-refractivity contribution is -0.121. The van der Waals surface area contributed by atoms with Gasteiger partial charge in [-0.15, -0.1) is 0 Å². The van der Waals surface area contributed by atoms with Gasteiger partial charge in [0.15, 0.2) is 0 Å². The molecule has 1 aliphatic heterocycles. The molecular formula is C9H10N4O2. The highest BCUT2D eigenvalue weighted by atomic mass is 16.2. The van der Waals surface area contributed by atoms with E-state index in [0.717, 1.165) is 0 Å². The summed E-state index contributed by atoms with van der Waals surface area (Å²) in [6.07, 6.45) is 3.79. The number of hydrogen-bond acceptors (Lipinski definition) is 4. The molecule has 1 unspecified atom stereocenters. The number of primary amides is 1. The van der Waals surface area contributed by atoms with Crippen molar-refractivity contribution in [1.29, 1.82) is 0 Å². The summed E-state index contributed by atoms with van der Waals surface area (Å²) in [6.45, 7) is 0. The molecule has 1 aromatic heterocycles. The average molecular weight is 206 g/mol. The van der Waals surface area contributed by atoms with Crippen molar-refractivity contribution in [2.45, 2.75) is 18.9 Å². The minimum Gasteiger partial charge on any atom is -0.368 e. The van der Waals surface area contributed by atoms with Crippen LogP contribution in [-0.2, 0) is 9.59 Å². The van der Waals surface area contributed by atoms with Gasteiger partial charge < -0.3 is 5.73 Å². The third-order valence-corrected chi connectivity index (χ3v) is 2.31. The van der Waals surface area contributed by atoms with E-state index in [9.17, 15) is 9.59 Å². The largest absolute Gasteiger partial charge is 0.368 e. The molecule has 6 nitrogen and oxygen atoms in total. The Morgan fingerprint density at radius 3 is 2.73 bits per heavy atom. The first-order valence-electron chi connectivity index (χ1n) is 4.58. The Balaban J connectivity index is 2.33. The second kappa shape index (κ2) is 3.64. The van der Waals surface area contributed by atoms with Crippen LogP contribution in [0.15, 0.2) is 18.5 Å². The van der Waals surface area contributed by atoms with Gasteiger partial charge in [0, 0.05) is 18.8 Å². The average Bonchev–Trinajstić information content (AvgIpc) is 2.61. The molecule has 1 aliphatic rings. The maximum absolute atomic E-state index is 11.5. The molecule has 0 spiro atoms. The quantitative estimate of drug-likeness (QED) is 0.703. The van der Waals surface area contributed by atoms with E-state index < -0.39 is 11.9 Å². The van der Waals surface area contributed by atoms with Crippen molar-refractivity contribution in [2.75, 3.05) is 4.90 Å². The number of hydrogen-bond donors (Lipinski definition) is 1. The monoisotopic (exact) mass is 206 g/mol. The molecule has 15 heavy (non-hydrogen) atoms. The fourth-order valence-electron chi connectivity index (χ4n) is 1.62. The van der Waals surface area contributed by atoms with E-state index in [2.05, 4.69) is 9.97 Å². The molecule has 2 heterocycles. The van der Waals surface area contributed by atoms with Gasteiger partial charge in [0.05, 0.1) is 0 Å². The predicted octanol–water partition coefficient (Wildman–Crippen LogP) is -0.543. The van der Waals surface area contributed by atoms with Crippen molar-refractivity contribution >= 4 is 17.8 Å². The summed E-state index contributed by atoms with van der Waals surface area (Å²) in [4.78, 5) is 31.8. The van der Waals surface area contributed by atoms with E-state index in [4.69, 9.17) is 5.73 Å². The number of rotatable bonds is 2. The third-order valence-electron chi connectivity index (χ3n) is 2.31. The molecule has 2 rings (SSSR count). The summed E-state index contributed by atoms with van der Waals surface area (Å²) in [7, 11) is 0. The van der Waals surface area contributed by atoms with Crippen molar-refractivity contribution < 1.29 is 9.59 Å². The summed E-state index contributed by atoms with van der Waals surface area (Å²) in [5.74, 6) is -0.442. The van der Waals surface area contributed by atoms with Crippen LogP contribution in [0.4, 0.5) is 5.95 Å². The van der Waals surface area contributed by atoms with Crippen molar-refractivity contribution in [3.63, 3.8) is 0 Å². The number of anilines is 1. The Kier molecular flexibility index (Phi) is 2.32. The number of nitrogens with two attached hydrogens (primary N) is 1. The fraction of sp³-hybridized carbons (Fsp3) is 0.333. The van der Waals surface area contributed by atoms with Gasteiger partial charge in [-0.05, 0) is 12.5 Å². The van der Waals surface area contributed by atoms with Crippen LogP contribution in [0, 0.1) is 0 Å². The minimum atomic E-state index is -0.611. The fourth-order valence-corrected chi connectivity index (χ4v) is 1.62. The number of carbonyl (C=O) groups is 2. The normalized spacial score (nSPS) is 20.7. The van der Waals surface area contributed by atoms with Crippen LogP contribution in [0.3, 0.4) is 0 Å². The molecule has 0 aliphatic carbocycles. The topological polar surface area (TPSA) is 89.2 Å². The Labute approximate surface area is 86.1 Å². The molecule has 1 saturated heterocycles. The standard InChI is InChI=1S/C9H10N4O2/c10-8(15)6-2-3-7(14)13(6)9-11-4-1-5-12-9/h1,4-6H,2-3H2,(H2,10,15). The van der Waals surface area contributed by atoms with E-state index >= 15 is 0 Å². The van der Waals surface area contributed by atoms with Crippen LogP contribution < -0.4 is 10.6 Å². The van der Waals surface area contributed by atoms with Crippen LogP contribution in [0.5, 0.6) is 0 Å². The first kappa shape index (κ1) is 9.57. The lowest BCUT2D eigenvalue weighted by Crippen LogP contribution is -2.43. The van der Waals surface area contributed by atoms with Gasteiger partial charge in [-0.2, -0.15) is 0 Å². The smallest absolute Gasteiger partial charge is 0.240 e. The Hall–Kier alpha value is -1.98. The lowest BCUT2D eigenvalue weighted by atomic mass is 10.2. The van der Waals surface area contributed by atoms with Crippen LogP contribution in [0.1, 0.15) is 12.8 Å². The molecule has 0 aromatic carbocycles. The minimum absolute atomic E-state index is 0.162. The van der Waals surface area contributed by atoms with Crippen LogP contribution in [0.2, 0.25) is 0 Å². The van der Waals surface area contributed by atoms with E-state index in [1.807, 2.05) is 0 Å². The molecular weight excluding hydrogens is 196 g/mol. The van der Waals surface area contributed by atoms with Crippen LogP contribution >= 0.6 is 0 Å². The number of aromatic nitrogens is 2. The van der Waals surface area contributed by atoms with Gasteiger partial charge in [-0.25, -0.2) is 9.97 Å². The van der Waals surface area contributed by atoms with Crippen molar-refractivity contribution in [3.8, 4) is 0 Å². The van der Waals surface area contributed by atoms with Crippen molar-refractivity contribution in [2.24, 2.45) is 5.73 Å². The third kappa shape index (κ3) is 1.65. The predicted molar refractivity (Wildman–Crippen MR) is 51.7 cm³/mol. The summed E-state index contributed by atoms with van der Waals surface area (Å²) in [6, 6.07) is 1.03. The molecule has 1 aromatic rings. The lowest BCUT2D eigenvalue weighted by Gasteiger charge is -2.19. The van der Waals surface area contributed by atoms with Gasteiger partial charge >= 0.3 is 0 Å². The first-order valence-corrected chi connectivity index (χ1v) is 4.58. The zero-order valence-electron chi connectivity index (χ0n) is 7.96. The Morgan fingerprint density at radius 2 is 2.13 bits per heavy atom. The molecule has 2 amide bonds. The summed E-state index contributed by atoms with van der Waals surface area (Å²) < 4.78 is 0. The summed E-state index contributed by atoms with van der Waals surface area (Å²) in [5, 5.41) is 0. The van der Waals surface area contributed by atoms with Crippen LogP contribution in [-0.4, -0.2) is 27.8 Å². The molecule has 6 heteroatoms. The molecule has 78 valence electrons. The molecule has 1 fully saturated rings. The maximum Gasteiger partial charge on any atom is 0.240 e.